The van der Waals surface area contributed by atoms with Gasteiger partial charge in [-0.2, -0.15) is 4.52 Å². The summed E-state index contributed by atoms with van der Waals surface area (Å²) in [4.78, 5) is 24.9. The van der Waals surface area contributed by atoms with Crippen molar-refractivity contribution in [1.82, 2.24) is 34.9 Å². The molecule has 0 N–H and O–H groups in total. The van der Waals surface area contributed by atoms with E-state index in [0.29, 0.717) is 17.8 Å². The SMILES string of the molecule is O=C(c1ccc2nnnn2c1)N1CCCC2(CCc3cnc(-c4ccccc4)nc32)C1. The average Bonchev–Trinajstić information content (AvgIpc) is 3.43. The molecule has 1 saturated heterocycles. The van der Waals surface area contributed by atoms with Gasteiger partial charge in [-0.05, 0) is 53.8 Å². The van der Waals surface area contributed by atoms with E-state index in [0.717, 1.165) is 49.3 Å². The molecule has 8 heteroatoms. The number of tetrazole rings is 1. The predicted octanol–water partition coefficient (Wildman–Crippen LogP) is 2.70. The number of carbonyl (C=O) groups is 1. The summed E-state index contributed by atoms with van der Waals surface area (Å²) in [7, 11) is 0. The second-order valence-corrected chi connectivity index (χ2v) is 8.44. The zero-order valence-corrected chi connectivity index (χ0v) is 17.0. The first-order valence-electron chi connectivity index (χ1n) is 10.6. The third kappa shape index (κ3) is 2.98. The molecule has 154 valence electrons. The van der Waals surface area contributed by atoms with Crippen molar-refractivity contribution in [3.8, 4) is 11.4 Å². The van der Waals surface area contributed by atoms with Crippen LogP contribution in [0.4, 0.5) is 0 Å². The first-order valence-corrected chi connectivity index (χ1v) is 10.6. The number of amides is 1. The Hall–Kier alpha value is -3.68. The fraction of sp³-hybridized carbons (Fsp3) is 0.304. The molecule has 6 rings (SSSR count). The summed E-state index contributed by atoms with van der Waals surface area (Å²) < 4.78 is 1.54. The van der Waals surface area contributed by atoms with Gasteiger partial charge >= 0.3 is 0 Å². The van der Waals surface area contributed by atoms with Gasteiger partial charge in [-0.3, -0.25) is 4.79 Å². The Balaban J connectivity index is 1.32. The molecule has 31 heavy (non-hydrogen) atoms. The predicted molar refractivity (Wildman–Crippen MR) is 113 cm³/mol. The quantitative estimate of drug-likeness (QED) is 0.504. The molecule has 0 radical (unpaired) electrons. The number of carbonyl (C=O) groups excluding carboxylic acids is 1. The van der Waals surface area contributed by atoms with Crippen molar-refractivity contribution in [3.63, 3.8) is 0 Å². The van der Waals surface area contributed by atoms with Crippen molar-refractivity contribution in [3.05, 3.63) is 71.7 Å². The summed E-state index contributed by atoms with van der Waals surface area (Å²) in [6.45, 7) is 1.43. The monoisotopic (exact) mass is 411 g/mol. The lowest BCUT2D eigenvalue weighted by molar-refractivity contribution is 0.0633. The van der Waals surface area contributed by atoms with Gasteiger partial charge in [0.25, 0.3) is 5.91 Å². The first-order chi connectivity index (χ1) is 15.2. The number of likely N-dealkylation sites (tertiary alicyclic amines) is 1. The van der Waals surface area contributed by atoms with Crippen molar-refractivity contribution in [2.45, 2.75) is 31.1 Å². The molecule has 4 aromatic rings. The van der Waals surface area contributed by atoms with E-state index in [1.54, 1.807) is 18.3 Å². The van der Waals surface area contributed by atoms with Crippen molar-refractivity contribution in [2.75, 3.05) is 13.1 Å². The summed E-state index contributed by atoms with van der Waals surface area (Å²) in [5, 5.41) is 11.5. The van der Waals surface area contributed by atoms with Crippen LogP contribution in [-0.2, 0) is 11.8 Å². The minimum absolute atomic E-state index is 0.0160. The highest BCUT2D eigenvalue weighted by molar-refractivity contribution is 5.94. The fourth-order valence-corrected chi connectivity index (χ4v) is 5.02. The number of nitrogens with zero attached hydrogens (tertiary/aromatic N) is 7. The first kappa shape index (κ1) is 18.1. The number of aryl methyl sites for hydroxylation is 1. The molecule has 4 heterocycles. The zero-order chi connectivity index (χ0) is 20.8. The fourth-order valence-electron chi connectivity index (χ4n) is 5.02. The largest absolute Gasteiger partial charge is 0.338 e. The highest BCUT2D eigenvalue weighted by Gasteiger charge is 2.45. The smallest absolute Gasteiger partial charge is 0.255 e. The Morgan fingerprint density at radius 3 is 2.87 bits per heavy atom. The van der Waals surface area contributed by atoms with Crippen LogP contribution in [0.1, 0.15) is 40.9 Å². The van der Waals surface area contributed by atoms with Crippen LogP contribution in [0.15, 0.2) is 54.9 Å². The molecule has 3 aromatic heterocycles. The molecule has 1 aliphatic heterocycles. The lowest BCUT2D eigenvalue weighted by atomic mass is 9.77. The van der Waals surface area contributed by atoms with Gasteiger partial charge in [-0.15, -0.1) is 5.10 Å². The number of pyridine rings is 1. The minimum Gasteiger partial charge on any atom is -0.338 e. The Labute approximate surface area is 178 Å². The highest BCUT2D eigenvalue weighted by atomic mass is 16.2. The Bertz CT molecular complexity index is 1280. The maximum absolute atomic E-state index is 13.3. The topological polar surface area (TPSA) is 89.2 Å². The summed E-state index contributed by atoms with van der Waals surface area (Å²) >= 11 is 0. The number of fused-ring (bicyclic) bond motifs is 3. The Morgan fingerprint density at radius 1 is 1.06 bits per heavy atom. The molecule has 1 fully saturated rings. The van der Waals surface area contributed by atoms with E-state index in [2.05, 4.69) is 20.5 Å². The molecular weight excluding hydrogens is 390 g/mol. The van der Waals surface area contributed by atoms with Crippen LogP contribution in [0.2, 0.25) is 0 Å². The molecule has 1 aromatic carbocycles. The summed E-state index contributed by atoms with van der Waals surface area (Å²) in [5.74, 6) is 0.774. The molecule has 0 bridgehead atoms. The standard InChI is InChI=1S/C23H21N7O/c31-22(18-7-8-19-26-27-28-30(19)14-18)29-12-4-10-23(15-29)11-9-17-13-24-21(25-20(17)23)16-5-2-1-3-6-16/h1-3,5-8,13-14H,4,9-12,15H2. The van der Waals surface area contributed by atoms with E-state index in [1.807, 2.05) is 41.4 Å². The zero-order valence-electron chi connectivity index (χ0n) is 17.0. The third-order valence-corrected chi connectivity index (χ3v) is 6.57. The number of benzene rings is 1. The molecule has 2 aliphatic rings. The normalized spacial score (nSPS) is 20.3. The summed E-state index contributed by atoms with van der Waals surface area (Å²) in [6, 6.07) is 13.7. The maximum Gasteiger partial charge on any atom is 0.255 e. The van der Waals surface area contributed by atoms with E-state index in [4.69, 9.17) is 4.98 Å². The lowest BCUT2D eigenvalue weighted by Crippen LogP contribution is -2.48. The van der Waals surface area contributed by atoms with Gasteiger partial charge in [0.05, 0.1) is 11.3 Å². The number of aromatic nitrogens is 6. The van der Waals surface area contributed by atoms with E-state index < -0.39 is 0 Å². The molecule has 1 spiro atoms. The van der Waals surface area contributed by atoms with Crippen LogP contribution in [0.3, 0.4) is 0 Å². The van der Waals surface area contributed by atoms with Crippen LogP contribution in [-0.4, -0.2) is 53.9 Å². The minimum atomic E-state index is -0.103. The number of hydrogen-bond acceptors (Lipinski definition) is 6. The Morgan fingerprint density at radius 2 is 1.97 bits per heavy atom. The van der Waals surface area contributed by atoms with Gasteiger partial charge in [0.1, 0.15) is 0 Å². The number of piperidine rings is 1. The molecule has 8 nitrogen and oxygen atoms in total. The van der Waals surface area contributed by atoms with Gasteiger partial charge in [0.2, 0.25) is 0 Å². The molecule has 1 amide bonds. The second kappa shape index (κ2) is 6.94. The Kier molecular flexibility index (Phi) is 4.05. The lowest BCUT2D eigenvalue weighted by Gasteiger charge is -2.40. The maximum atomic E-state index is 13.3. The molecular formula is C23H21N7O. The summed E-state index contributed by atoms with van der Waals surface area (Å²) in [6.07, 6.45) is 7.65. The number of hydrogen-bond donors (Lipinski definition) is 0. The van der Waals surface area contributed by atoms with Gasteiger partial charge < -0.3 is 4.90 Å². The van der Waals surface area contributed by atoms with Gasteiger partial charge in [-0.25, -0.2) is 9.97 Å². The van der Waals surface area contributed by atoms with Crippen molar-refractivity contribution >= 4 is 11.6 Å². The molecule has 1 unspecified atom stereocenters. The average molecular weight is 411 g/mol. The van der Waals surface area contributed by atoms with Crippen LogP contribution in [0.5, 0.6) is 0 Å². The van der Waals surface area contributed by atoms with Gasteiger partial charge in [0.15, 0.2) is 11.5 Å². The molecule has 1 aliphatic carbocycles. The van der Waals surface area contributed by atoms with Gasteiger partial charge in [0, 0.05) is 36.5 Å². The van der Waals surface area contributed by atoms with Crippen LogP contribution >= 0.6 is 0 Å². The molecule has 0 saturated carbocycles. The van der Waals surface area contributed by atoms with Crippen molar-refractivity contribution in [2.24, 2.45) is 0 Å². The van der Waals surface area contributed by atoms with Crippen LogP contribution in [0.25, 0.3) is 17.0 Å². The van der Waals surface area contributed by atoms with E-state index in [1.165, 1.54) is 10.1 Å². The van der Waals surface area contributed by atoms with Gasteiger partial charge in [-0.1, -0.05) is 30.3 Å². The summed E-state index contributed by atoms with van der Waals surface area (Å²) in [5.41, 5.74) is 4.48. The second-order valence-electron chi connectivity index (χ2n) is 8.44. The molecule has 1 atom stereocenters. The highest BCUT2D eigenvalue weighted by Crippen LogP contribution is 2.44. The van der Waals surface area contributed by atoms with Crippen molar-refractivity contribution in [1.29, 1.82) is 0 Å². The van der Waals surface area contributed by atoms with E-state index >= 15 is 0 Å². The van der Waals surface area contributed by atoms with E-state index in [-0.39, 0.29) is 11.3 Å². The van der Waals surface area contributed by atoms with E-state index in [9.17, 15) is 4.79 Å². The van der Waals surface area contributed by atoms with Crippen LogP contribution < -0.4 is 0 Å². The van der Waals surface area contributed by atoms with Crippen LogP contribution in [0, 0.1) is 0 Å². The van der Waals surface area contributed by atoms with Crippen molar-refractivity contribution < 1.29 is 4.79 Å². The number of rotatable bonds is 2. The third-order valence-electron chi connectivity index (χ3n) is 6.57.